The molecule has 0 radical (unpaired) electrons. The summed E-state index contributed by atoms with van der Waals surface area (Å²) in [5, 5.41) is 4.77. The molecule has 1 fully saturated rings. The predicted molar refractivity (Wildman–Crippen MR) is 122 cm³/mol. The Morgan fingerprint density at radius 1 is 1.03 bits per heavy atom. The third-order valence-electron chi connectivity index (χ3n) is 5.56. The Labute approximate surface area is 191 Å². The highest BCUT2D eigenvalue weighted by molar-refractivity contribution is 6.33. The zero-order chi connectivity index (χ0) is 22.8. The highest BCUT2D eigenvalue weighted by Crippen LogP contribution is 2.20. The van der Waals surface area contributed by atoms with Crippen molar-refractivity contribution in [3.63, 3.8) is 0 Å². The first-order chi connectivity index (χ1) is 15.3. The first kappa shape index (κ1) is 22.0. The van der Waals surface area contributed by atoms with Crippen molar-refractivity contribution < 1.29 is 9.59 Å². The Balaban J connectivity index is 1.41. The van der Waals surface area contributed by atoms with Crippen LogP contribution in [0.5, 0.6) is 0 Å². The number of amides is 2. The van der Waals surface area contributed by atoms with Crippen LogP contribution in [0.15, 0.2) is 42.5 Å². The molecule has 1 aliphatic rings. The maximum Gasteiger partial charge on any atom is 0.274 e. The summed E-state index contributed by atoms with van der Waals surface area (Å²) < 4.78 is 1.71. The molecular formula is C23H25ClN6O2. The molecule has 2 N–H and O–H groups in total. The zero-order valence-corrected chi connectivity index (χ0v) is 18.8. The van der Waals surface area contributed by atoms with Crippen LogP contribution in [0.2, 0.25) is 5.02 Å². The Morgan fingerprint density at radius 3 is 2.31 bits per heavy atom. The van der Waals surface area contributed by atoms with Crippen molar-refractivity contribution in [2.24, 2.45) is 5.73 Å². The second-order valence-corrected chi connectivity index (χ2v) is 8.38. The van der Waals surface area contributed by atoms with Gasteiger partial charge in [-0.2, -0.15) is 5.10 Å². The van der Waals surface area contributed by atoms with Crippen molar-refractivity contribution in [1.82, 2.24) is 24.6 Å². The number of carbonyl (C=O) groups excluding carboxylic acids is 2. The minimum absolute atomic E-state index is 0.177. The molecule has 3 aromatic rings. The Morgan fingerprint density at radius 2 is 1.72 bits per heavy atom. The van der Waals surface area contributed by atoms with Crippen LogP contribution in [0.3, 0.4) is 0 Å². The number of benzene rings is 1. The molecule has 0 unspecified atom stereocenters. The van der Waals surface area contributed by atoms with Crippen LogP contribution < -0.4 is 5.73 Å². The number of hydrogen-bond acceptors (Lipinski definition) is 5. The predicted octanol–water partition coefficient (Wildman–Crippen LogP) is 2.59. The number of aryl methyl sites for hydroxylation is 2. The van der Waals surface area contributed by atoms with Crippen LogP contribution in [0.25, 0.3) is 5.82 Å². The molecule has 1 aliphatic heterocycles. The number of hydrogen-bond donors (Lipinski definition) is 1. The fourth-order valence-electron chi connectivity index (χ4n) is 3.85. The summed E-state index contributed by atoms with van der Waals surface area (Å²) in [7, 11) is 0. The molecule has 0 spiro atoms. The smallest absolute Gasteiger partial charge is 0.274 e. The largest absolute Gasteiger partial charge is 0.366 e. The lowest BCUT2D eigenvalue weighted by atomic mass is 10.1. The van der Waals surface area contributed by atoms with E-state index in [9.17, 15) is 9.59 Å². The molecule has 3 heterocycles. The van der Waals surface area contributed by atoms with Crippen molar-refractivity contribution in [2.75, 3.05) is 26.2 Å². The van der Waals surface area contributed by atoms with Crippen LogP contribution in [0.1, 0.15) is 37.8 Å². The van der Waals surface area contributed by atoms with E-state index in [1.165, 1.54) is 0 Å². The van der Waals surface area contributed by atoms with E-state index in [0.717, 1.165) is 36.6 Å². The van der Waals surface area contributed by atoms with E-state index >= 15 is 0 Å². The van der Waals surface area contributed by atoms with Gasteiger partial charge in [-0.05, 0) is 49.7 Å². The standard InChI is InChI=1S/C23H25ClN6O2/c1-15-13-16(2)30(27-15)20-8-7-19(24)21(26-20)23(32)29-11-9-28(10-12-29)14-17-3-5-18(6-4-17)22(25)31/h3-8,13H,9-12,14H2,1-2H3,(H2,25,31). The van der Waals surface area contributed by atoms with Gasteiger partial charge in [-0.1, -0.05) is 23.7 Å². The first-order valence-electron chi connectivity index (χ1n) is 10.4. The van der Waals surface area contributed by atoms with Crippen LogP contribution >= 0.6 is 11.6 Å². The third-order valence-corrected chi connectivity index (χ3v) is 5.87. The van der Waals surface area contributed by atoms with Crippen molar-refractivity contribution in [3.05, 3.63) is 75.7 Å². The number of carbonyl (C=O) groups is 2. The fraction of sp³-hybridized carbons (Fsp3) is 0.304. The quantitative estimate of drug-likeness (QED) is 0.641. The first-order valence-corrected chi connectivity index (χ1v) is 10.8. The topological polar surface area (TPSA) is 97.3 Å². The highest BCUT2D eigenvalue weighted by atomic mass is 35.5. The lowest BCUT2D eigenvalue weighted by Crippen LogP contribution is -2.48. The lowest BCUT2D eigenvalue weighted by Gasteiger charge is -2.34. The van der Waals surface area contributed by atoms with Gasteiger partial charge in [-0.3, -0.25) is 14.5 Å². The highest BCUT2D eigenvalue weighted by Gasteiger charge is 2.25. The summed E-state index contributed by atoms with van der Waals surface area (Å²) in [4.78, 5) is 32.9. The number of piperazine rings is 1. The van der Waals surface area contributed by atoms with E-state index in [1.807, 2.05) is 32.0 Å². The Hall–Kier alpha value is -3.23. The Kier molecular flexibility index (Phi) is 6.25. The van der Waals surface area contributed by atoms with Gasteiger partial charge in [0.25, 0.3) is 5.91 Å². The van der Waals surface area contributed by atoms with E-state index in [2.05, 4.69) is 15.0 Å². The minimum Gasteiger partial charge on any atom is -0.366 e. The number of rotatable bonds is 5. The number of nitrogens with two attached hydrogens (primary N) is 1. The molecule has 1 aromatic carbocycles. The summed E-state index contributed by atoms with van der Waals surface area (Å²) in [5.74, 6) is -0.0388. The lowest BCUT2D eigenvalue weighted by molar-refractivity contribution is 0.0622. The second-order valence-electron chi connectivity index (χ2n) is 7.97. The van der Waals surface area contributed by atoms with Gasteiger partial charge < -0.3 is 10.6 Å². The number of halogens is 1. The summed E-state index contributed by atoms with van der Waals surface area (Å²) in [6.45, 7) is 7.24. The second kappa shape index (κ2) is 9.10. The fourth-order valence-corrected chi connectivity index (χ4v) is 4.04. The number of pyridine rings is 1. The minimum atomic E-state index is -0.433. The van der Waals surface area contributed by atoms with Crippen LogP contribution in [-0.2, 0) is 6.54 Å². The molecule has 1 saturated heterocycles. The monoisotopic (exact) mass is 452 g/mol. The van der Waals surface area contributed by atoms with E-state index in [4.69, 9.17) is 17.3 Å². The summed E-state index contributed by atoms with van der Waals surface area (Å²) in [5.41, 5.74) is 8.95. The van der Waals surface area contributed by atoms with Gasteiger partial charge in [0, 0.05) is 44.0 Å². The van der Waals surface area contributed by atoms with E-state index in [1.54, 1.807) is 33.8 Å². The molecule has 32 heavy (non-hydrogen) atoms. The van der Waals surface area contributed by atoms with Crippen molar-refractivity contribution in [1.29, 1.82) is 0 Å². The third kappa shape index (κ3) is 4.66. The maximum atomic E-state index is 13.1. The van der Waals surface area contributed by atoms with Gasteiger partial charge in [-0.25, -0.2) is 9.67 Å². The molecule has 9 heteroatoms. The molecule has 166 valence electrons. The van der Waals surface area contributed by atoms with Gasteiger partial charge >= 0.3 is 0 Å². The van der Waals surface area contributed by atoms with Gasteiger partial charge in [0.05, 0.1) is 10.7 Å². The Bertz CT molecular complexity index is 1150. The molecule has 4 rings (SSSR count). The molecule has 0 aliphatic carbocycles. The van der Waals surface area contributed by atoms with Crippen LogP contribution in [0, 0.1) is 13.8 Å². The summed E-state index contributed by atoms with van der Waals surface area (Å²) in [6.07, 6.45) is 0. The van der Waals surface area contributed by atoms with E-state index in [-0.39, 0.29) is 11.6 Å². The van der Waals surface area contributed by atoms with E-state index in [0.29, 0.717) is 29.5 Å². The summed E-state index contributed by atoms with van der Waals surface area (Å²) in [6, 6.07) is 12.7. The maximum absolute atomic E-state index is 13.1. The van der Waals surface area contributed by atoms with Crippen LogP contribution in [0.4, 0.5) is 0 Å². The molecule has 0 saturated carbocycles. The van der Waals surface area contributed by atoms with E-state index < -0.39 is 5.91 Å². The SMILES string of the molecule is Cc1cc(C)n(-c2ccc(Cl)c(C(=O)N3CCN(Cc4ccc(C(N)=O)cc4)CC3)n2)n1. The van der Waals surface area contributed by atoms with Gasteiger partial charge in [0.1, 0.15) is 5.69 Å². The molecular weight excluding hydrogens is 428 g/mol. The molecule has 0 bridgehead atoms. The van der Waals surface area contributed by atoms with Gasteiger partial charge in [0.15, 0.2) is 5.82 Å². The van der Waals surface area contributed by atoms with Crippen LogP contribution in [-0.4, -0.2) is 62.6 Å². The van der Waals surface area contributed by atoms with Crippen molar-refractivity contribution >= 4 is 23.4 Å². The summed E-state index contributed by atoms with van der Waals surface area (Å²) >= 11 is 6.33. The number of nitrogens with zero attached hydrogens (tertiary/aromatic N) is 5. The average Bonchev–Trinajstić information content (AvgIpc) is 3.12. The van der Waals surface area contributed by atoms with Crippen molar-refractivity contribution in [3.8, 4) is 5.82 Å². The molecule has 8 nitrogen and oxygen atoms in total. The number of primary amides is 1. The average molecular weight is 453 g/mol. The van der Waals surface area contributed by atoms with Gasteiger partial charge in [-0.15, -0.1) is 0 Å². The van der Waals surface area contributed by atoms with Gasteiger partial charge in [0.2, 0.25) is 5.91 Å². The molecule has 2 aromatic heterocycles. The zero-order valence-electron chi connectivity index (χ0n) is 18.1. The normalized spacial score (nSPS) is 14.5. The molecule has 0 atom stereocenters. The molecule has 2 amide bonds. The van der Waals surface area contributed by atoms with Crippen molar-refractivity contribution in [2.45, 2.75) is 20.4 Å². The number of aromatic nitrogens is 3.